The fraction of sp³-hybridized carbons (Fsp3) is 0.900. The van der Waals surface area contributed by atoms with Gasteiger partial charge in [0.25, 0.3) is 0 Å². The molecule has 1 amide bonds. The van der Waals surface area contributed by atoms with E-state index in [-0.39, 0.29) is 11.7 Å². The molecule has 0 N–H and O–H groups in total. The van der Waals surface area contributed by atoms with Crippen LogP contribution in [0, 0.1) is 5.41 Å². The van der Waals surface area contributed by atoms with Crippen molar-refractivity contribution in [1.82, 2.24) is 4.90 Å². The molecule has 0 radical (unpaired) electrons. The quantitative estimate of drug-likeness (QED) is 0.395. The first-order chi connectivity index (χ1) is 6.40. The number of amides is 1. The second-order valence-electron chi connectivity index (χ2n) is 5.29. The third kappa shape index (κ3) is 1.99. The molecule has 2 heterocycles. The molecule has 3 nitrogen and oxygen atoms in total. The maximum absolute atomic E-state index is 11.6. The summed E-state index contributed by atoms with van der Waals surface area (Å²) < 4.78 is 8.12. The SMILES string of the molecule is CC(C)(C)OC(=O)N1CC2(C[I-]C2)C1. The van der Waals surface area contributed by atoms with Gasteiger partial charge in [0.1, 0.15) is 0 Å². The Labute approximate surface area is 95.4 Å². The van der Waals surface area contributed by atoms with Gasteiger partial charge in [-0.05, 0) is 0 Å². The molecule has 0 aromatic heterocycles. The topological polar surface area (TPSA) is 29.5 Å². The van der Waals surface area contributed by atoms with Gasteiger partial charge < -0.3 is 0 Å². The van der Waals surface area contributed by atoms with Gasteiger partial charge in [0.2, 0.25) is 0 Å². The van der Waals surface area contributed by atoms with Crippen molar-refractivity contribution < 1.29 is 30.7 Å². The van der Waals surface area contributed by atoms with Gasteiger partial charge in [-0.3, -0.25) is 0 Å². The molecule has 2 aliphatic rings. The molecule has 2 fully saturated rings. The Morgan fingerprint density at radius 2 is 1.93 bits per heavy atom. The molecule has 0 atom stereocenters. The van der Waals surface area contributed by atoms with Gasteiger partial charge in [0, 0.05) is 0 Å². The Morgan fingerprint density at radius 1 is 1.36 bits per heavy atom. The van der Waals surface area contributed by atoms with Crippen LogP contribution in [0.3, 0.4) is 0 Å². The Hall–Kier alpha value is 0. The molecule has 0 aromatic carbocycles. The van der Waals surface area contributed by atoms with E-state index >= 15 is 0 Å². The van der Waals surface area contributed by atoms with Crippen LogP contribution < -0.4 is 21.2 Å². The number of hydrogen-bond acceptors (Lipinski definition) is 2. The first kappa shape index (κ1) is 10.5. The van der Waals surface area contributed by atoms with E-state index in [4.69, 9.17) is 4.74 Å². The predicted octanol–water partition coefficient (Wildman–Crippen LogP) is -1.67. The summed E-state index contributed by atoms with van der Waals surface area (Å²) in [5.41, 5.74) is 0.191. The molecular weight excluding hydrogens is 293 g/mol. The van der Waals surface area contributed by atoms with Crippen molar-refractivity contribution in [2.75, 3.05) is 21.9 Å². The summed E-state index contributed by atoms with van der Waals surface area (Å²) in [4.78, 5) is 13.4. The number of ether oxygens (including phenoxy) is 1. The molecule has 82 valence electrons. The molecule has 0 saturated carbocycles. The molecule has 4 heteroatoms. The van der Waals surface area contributed by atoms with E-state index in [1.165, 1.54) is 8.86 Å². The van der Waals surface area contributed by atoms with Crippen molar-refractivity contribution in [3.05, 3.63) is 0 Å². The van der Waals surface area contributed by atoms with E-state index in [1.807, 2.05) is 25.7 Å². The van der Waals surface area contributed by atoms with Crippen LogP contribution in [0.15, 0.2) is 0 Å². The summed E-state index contributed by atoms with van der Waals surface area (Å²) in [5, 5.41) is 0. The van der Waals surface area contributed by atoms with E-state index in [1.54, 1.807) is 0 Å². The fourth-order valence-electron chi connectivity index (χ4n) is 1.75. The monoisotopic (exact) mass is 310 g/mol. The van der Waals surface area contributed by atoms with E-state index in [9.17, 15) is 4.79 Å². The van der Waals surface area contributed by atoms with Gasteiger partial charge in [0.15, 0.2) is 0 Å². The summed E-state index contributed by atoms with van der Waals surface area (Å²) >= 11 is 0.501. The van der Waals surface area contributed by atoms with Crippen LogP contribution in [0.25, 0.3) is 0 Å². The molecule has 14 heavy (non-hydrogen) atoms. The van der Waals surface area contributed by atoms with Gasteiger partial charge >= 0.3 is 95.5 Å². The Bertz CT molecular complexity index is 247. The van der Waals surface area contributed by atoms with Gasteiger partial charge in [-0.25, -0.2) is 0 Å². The van der Waals surface area contributed by atoms with Crippen LogP contribution in [0.1, 0.15) is 20.8 Å². The summed E-state index contributed by atoms with van der Waals surface area (Å²) in [6, 6.07) is 0. The summed E-state index contributed by atoms with van der Waals surface area (Å²) in [5.74, 6) is 0. The molecule has 0 unspecified atom stereocenters. The summed E-state index contributed by atoms with van der Waals surface area (Å²) in [6.45, 7) is 7.63. The number of halogens is 1. The molecule has 2 rings (SSSR count). The molecule has 2 aliphatic heterocycles. The van der Waals surface area contributed by atoms with E-state index < -0.39 is 0 Å². The standard InChI is InChI=1S/C10H17INO2/c1-9(2,3)14-8(13)12-6-10(7-12)4-11-5-10/h4-7H2,1-3H3/q-1. The van der Waals surface area contributed by atoms with E-state index in [0.717, 1.165) is 13.1 Å². The maximum atomic E-state index is 11.6. The van der Waals surface area contributed by atoms with Crippen LogP contribution in [0.2, 0.25) is 0 Å². The first-order valence-electron chi connectivity index (χ1n) is 4.92. The van der Waals surface area contributed by atoms with Gasteiger partial charge in [-0.2, -0.15) is 0 Å². The zero-order valence-corrected chi connectivity index (χ0v) is 11.1. The van der Waals surface area contributed by atoms with Crippen molar-refractivity contribution in [2.45, 2.75) is 26.4 Å². The minimum absolute atomic E-state index is 0.131. The van der Waals surface area contributed by atoms with Crippen molar-refractivity contribution in [2.24, 2.45) is 5.41 Å². The zero-order chi connectivity index (χ0) is 10.4. The number of alkyl halides is 2. The van der Waals surface area contributed by atoms with Crippen molar-refractivity contribution in [1.29, 1.82) is 0 Å². The Balaban J connectivity index is 1.79. The van der Waals surface area contributed by atoms with Crippen molar-refractivity contribution in [3.63, 3.8) is 0 Å². The van der Waals surface area contributed by atoms with Crippen LogP contribution in [-0.2, 0) is 4.74 Å². The van der Waals surface area contributed by atoms with Crippen molar-refractivity contribution >= 4 is 6.09 Å². The zero-order valence-electron chi connectivity index (χ0n) is 8.97. The number of nitrogens with zero attached hydrogens (tertiary/aromatic N) is 1. The van der Waals surface area contributed by atoms with Crippen LogP contribution in [0.4, 0.5) is 4.79 Å². The average Bonchev–Trinajstić information content (AvgIpc) is 1.74. The molecular formula is C10H17INO2-. The van der Waals surface area contributed by atoms with Crippen LogP contribution >= 0.6 is 0 Å². The molecule has 1 spiro atoms. The third-order valence-electron chi connectivity index (χ3n) is 2.46. The second-order valence-corrected chi connectivity index (χ2v) is 7.90. The van der Waals surface area contributed by atoms with Gasteiger partial charge in [-0.15, -0.1) is 0 Å². The number of likely N-dealkylation sites (tertiary alicyclic amines) is 1. The molecule has 2 saturated heterocycles. The fourth-order valence-corrected chi connectivity index (χ4v) is 4.78. The van der Waals surface area contributed by atoms with E-state index in [2.05, 4.69) is 0 Å². The molecule has 0 aromatic rings. The predicted molar refractivity (Wildman–Crippen MR) is 50.0 cm³/mol. The normalized spacial score (nSPS) is 24.6. The Morgan fingerprint density at radius 3 is 2.29 bits per heavy atom. The number of carbonyl (C=O) groups is 1. The molecule has 0 aliphatic carbocycles. The van der Waals surface area contributed by atoms with Crippen LogP contribution in [0.5, 0.6) is 0 Å². The van der Waals surface area contributed by atoms with Crippen molar-refractivity contribution in [3.8, 4) is 0 Å². The second kappa shape index (κ2) is 3.25. The van der Waals surface area contributed by atoms with Crippen LogP contribution in [-0.4, -0.2) is 38.5 Å². The third-order valence-corrected chi connectivity index (χ3v) is 6.78. The average molecular weight is 310 g/mol. The number of hydrogen-bond donors (Lipinski definition) is 0. The minimum atomic E-state index is -0.355. The summed E-state index contributed by atoms with van der Waals surface area (Å²) in [7, 11) is 0. The van der Waals surface area contributed by atoms with E-state index in [0.29, 0.717) is 26.6 Å². The van der Waals surface area contributed by atoms with Gasteiger partial charge in [0.05, 0.1) is 0 Å². The molecule has 0 bridgehead atoms. The summed E-state index contributed by atoms with van der Waals surface area (Å²) in [6.07, 6.45) is -0.131. The number of rotatable bonds is 0. The number of carbonyl (C=O) groups excluding carboxylic acids is 1. The Kier molecular flexibility index (Phi) is 2.44. The first-order valence-corrected chi connectivity index (χ1v) is 7.97. The van der Waals surface area contributed by atoms with Gasteiger partial charge in [-0.1, -0.05) is 0 Å².